The fraction of sp³-hybridized carbons (Fsp3) is 0.750. The highest BCUT2D eigenvalue weighted by atomic mass is 35.5. The Kier molecular flexibility index (Phi) is 3.76. The molecular weight excluding hydrogens is 284 g/mol. The zero-order valence-corrected chi connectivity index (χ0v) is 14.4. The second-order valence-electron chi connectivity index (χ2n) is 6.91. The molecule has 4 nitrogen and oxygen atoms in total. The van der Waals surface area contributed by atoms with Crippen molar-refractivity contribution in [2.24, 2.45) is 18.9 Å². The van der Waals surface area contributed by atoms with Crippen LogP contribution in [0.2, 0.25) is 0 Å². The summed E-state index contributed by atoms with van der Waals surface area (Å²) in [5, 5.41) is 4.46. The van der Waals surface area contributed by atoms with E-state index in [4.69, 9.17) is 16.6 Å². The van der Waals surface area contributed by atoms with E-state index in [0.717, 1.165) is 34.5 Å². The van der Waals surface area contributed by atoms with Gasteiger partial charge in [0.2, 0.25) is 0 Å². The van der Waals surface area contributed by atoms with E-state index in [2.05, 4.69) is 23.5 Å². The first-order chi connectivity index (χ1) is 9.88. The highest BCUT2D eigenvalue weighted by Crippen LogP contribution is 2.40. The summed E-state index contributed by atoms with van der Waals surface area (Å²) in [4.78, 5) is 4.81. The van der Waals surface area contributed by atoms with Crippen molar-refractivity contribution in [3.8, 4) is 0 Å². The van der Waals surface area contributed by atoms with E-state index in [1.165, 1.54) is 19.3 Å². The van der Waals surface area contributed by atoms with E-state index in [0.29, 0.717) is 6.04 Å². The van der Waals surface area contributed by atoms with Gasteiger partial charge >= 0.3 is 0 Å². The van der Waals surface area contributed by atoms with Gasteiger partial charge in [0.1, 0.15) is 11.3 Å². The Hall–Kier alpha value is -1.03. The number of aromatic nitrogens is 4. The van der Waals surface area contributed by atoms with Gasteiger partial charge in [0.15, 0.2) is 5.65 Å². The summed E-state index contributed by atoms with van der Waals surface area (Å²) in [6.45, 7) is 8.75. The van der Waals surface area contributed by atoms with Crippen LogP contribution >= 0.6 is 11.6 Å². The molecule has 0 radical (unpaired) electrons. The summed E-state index contributed by atoms with van der Waals surface area (Å²) < 4.78 is 4.34. The molecule has 1 fully saturated rings. The Morgan fingerprint density at radius 3 is 2.38 bits per heavy atom. The van der Waals surface area contributed by atoms with E-state index in [1.54, 1.807) is 0 Å². The van der Waals surface area contributed by atoms with E-state index < -0.39 is 0 Å². The van der Waals surface area contributed by atoms with E-state index in [9.17, 15) is 0 Å². The highest BCUT2D eigenvalue weighted by molar-refractivity contribution is 6.20. The van der Waals surface area contributed by atoms with Gasteiger partial charge in [-0.25, -0.2) is 4.98 Å². The largest absolute Gasteiger partial charge is 0.309 e. The molecule has 116 valence electrons. The molecule has 21 heavy (non-hydrogen) atoms. The van der Waals surface area contributed by atoms with Crippen LogP contribution in [-0.2, 0) is 7.05 Å². The van der Waals surface area contributed by atoms with Crippen LogP contribution in [0.1, 0.15) is 63.0 Å². The summed E-state index contributed by atoms with van der Waals surface area (Å²) in [5.41, 5.74) is 3.12. The number of aryl methyl sites for hydroxylation is 2. The van der Waals surface area contributed by atoms with Gasteiger partial charge in [0.25, 0.3) is 0 Å². The Bertz CT molecular complexity index is 645. The van der Waals surface area contributed by atoms with Gasteiger partial charge in [-0.3, -0.25) is 4.68 Å². The van der Waals surface area contributed by atoms with Crippen molar-refractivity contribution in [1.29, 1.82) is 0 Å². The van der Waals surface area contributed by atoms with E-state index in [-0.39, 0.29) is 5.38 Å². The summed E-state index contributed by atoms with van der Waals surface area (Å²) in [6, 6.07) is 0.486. The smallest absolute Gasteiger partial charge is 0.158 e. The Labute approximate surface area is 131 Å². The molecular formula is C16H25ClN4. The fourth-order valence-electron chi connectivity index (χ4n) is 4.07. The van der Waals surface area contributed by atoms with Gasteiger partial charge in [0, 0.05) is 13.1 Å². The highest BCUT2D eigenvalue weighted by Gasteiger charge is 2.30. The van der Waals surface area contributed by atoms with Crippen LogP contribution in [0.3, 0.4) is 0 Å². The molecule has 0 N–H and O–H groups in total. The maximum absolute atomic E-state index is 6.42. The molecule has 2 aromatic rings. The first kappa shape index (κ1) is 14.9. The van der Waals surface area contributed by atoms with E-state index >= 15 is 0 Å². The van der Waals surface area contributed by atoms with Crippen molar-refractivity contribution in [3.05, 3.63) is 11.5 Å². The van der Waals surface area contributed by atoms with Gasteiger partial charge in [0.05, 0.1) is 11.1 Å². The summed E-state index contributed by atoms with van der Waals surface area (Å²) in [5.74, 6) is 2.50. The lowest BCUT2D eigenvalue weighted by molar-refractivity contribution is 0.220. The molecule has 1 saturated carbocycles. The SMILES string of the molecule is Cc1nn(C)c2c1nc(C(C)Cl)n2C1CC(C)CC(C)C1. The monoisotopic (exact) mass is 308 g/mol. The summed E-state index contributed by atoms with van der Waals surface area (Å²) in [6.07, 6.45) is 3.73. The van der Waals surface area contributed by atoms with Crippen molar-refractivity contribution < 1.29 is 0 Å². The lowest BCUT2D eigenvalue weighted by Gasteiger charge is -2.33. The fourth-order valence-corrected chi connectivity index (χ4v) is 4.22. The first-order valence-electron chi connectivity index (χ1n) is 7.94. The molecule has 2 aromatic heterocycles. The molecule has 0 bridgehead atoms. The summed E-state index contributed by atoms with van der Waals surface area (Å²) in [7, 11) is 2.01. The van der Waals surface area contributed by atoms with Crippen molar-refractivity contribution >= 4 is 22.8 Å². The lowest BCUT2D eigenvalue weighted by Crippen LogP contribution is -2.24. The number of rotatable bonds is 2. The van der Waals surface area contributed by atoms with Crippen LogP contribution in [0.4, 0.5) is 0 Å². The Morgan fingerprint density at radius 1 is 1.19 bits per heavy atom. The minimum absolute atomic E-state index is 0.0793. The molecule has 0 aliphatic heterocycles. The predicted molar refractivity (Wildman–Crippen MR) is 86.7 cm³/mol. The van der Waals surface area contributed by atoms with Crippen LogP contribution in [0, 0.1) is 18.8 Å². The number of alkyl halides is 1. The normalized spacial score (nSPS) is 28.2. The molecule has 0 saturated heterocycles. The van der Waals surface area contributed by atoms with Crippen molar-refractivity contribution in [1.82, 2.24) is 19.3 Å². The lowest BCUT2D eigenvalue weighted by atomic mass is 9.80. The van der Waals surface area contributed by atoms with Gasteiger partial charge < -0.3 is 4.57 Å². The average Bonchev–Trinajstić information content (AvgIpc) is 2.88. The second-order valence-corrected chi connectivity index (χ2v) is 7.56. The standard InChI is InChI=1S/C16H25ClN4/c1-9-6-10(2)8-13(7-9)21-15(11(3)17)18-14-12(4)19-20(5)16(14)21/h9-11,13H,6-8H2,1-5H3. The van der Waals surface area contributed by atoms with Gasteiger partial charge in [-0.15, -0.1) is 11.6 Å². The van der Waals surface area contributed by atoms with Crippen molar-refractivity contribution in [3.63, 3.8) is 0 Å². The molecule has 1 aliphatic carbocycles. The first-order valence-corrected chi connectivity index (χ1v) is 8.37. The molecule has 1 aliphatic rings. The van der Waals surface area contributed by atoms with Crippen LogP contribution in [0.15, 0.2) is 0 Å². The number of imidazole rings is 1. The Morgan fingerprint density at radius 2 is 1.81 bits per heavy atom. The topological polar surface area (TPSA) is 35.6 Å². The minimum Gasteiger partial charge on any atom is -0.309 e. The molecule has 0 amide bonds. The number of hydrogen-bond acceptors (Lipinski definition) is 2. The zero-order valence-electron chi connectivity index (χ0n) is 13.6. The van der Waals surface area contributed by atoms with Crippen molar-refractivity contribution in [2.75, 3.05) is 0 Å². The van der Waals surface area contributed by atoms with E-state index in [1.807, 2.05) is 25.6 Å². The van der Waals surface area contributed by atoms with Crippen LogP contribution in [0.5, 0.6) is 0 Å². The molecule has 3 rings (SSSR count). The second kappa shape index (κ2) is 5.31. The molecule has 3 unspecified atom stereocenters. The molecule has 0 spiro atoms. The third-order valence-corrected chi connectivity index (χ3v) is 4.93. The van der Waals surface area contributed by atoms with Gasteiger partial charge in [-0.1, -0.05) is 13.8 Å². The molecule has 3 atom stereocenters. The number of hydrogen-bond donors (Lipinski definition) is 0. The van der Waals surface area contributed by atoms with Gasteiger partial charge in [-0.2, -0.15) is 5.10 Å². The zero-order chi connectivity index (χ0) is 15.3. The molecule has 0 aromatic carbocycles. The maximum Gasteiger partial charge on any atom is 0.158 e. The molecule has 2 heterocycles. The van der Waals surface area contributed by atoms with Crippen LogP contribution in [0.25, 0.3) is 11.2 Å². The van der Waals surface area contributed by atoms with Crippen LogP contribution < -0.4 is 0 Å². The van der Waals surface area contributed by atoms with Crippen molar-refractivity contribution in [2.45, 2.75) is 58.4 Å². The third-order valence-electron chi connectivity index (χ3n) is 4.74. The Balaban J connectivity index is 2.17. The maximum atomic E-state index is 6.42. The number of nitrogens with zero attached hydrogens (tertiary/aromatic N) is 4. The minimum atomic E-state index is -0.0793. The quantitative estimate of drug-likeness (QED) is 0.772. The number of halogens is 1. The summed E-state index contributed by atoms with van der Waals surface area (Å²) >= 11 is 6.42. The van der Waals surface area contributed by atoms with Crippen LogP contribution in [-0.4, -0.2) is 19.3 Å². The number of fused-ring (bicyclic) bond motifs is 1. The third kappa shape index (κ3) is 2.48. The predicted octanol–water partition coefficient (Wildman–Crippen LogP) is 4.38. The van der Waals surface area contributed by atoms with Gasteiger partial charge in [-0.05, 0) is 44.9 Å². The average molecular weight is 309 g/mol. The molecule has 5 heteroatoms.